The molecule has 0 unspecified atom stereocenters. The van der Waals surface area contributed by atoms with E-state index in [-0.39, 0.29) is 32.4 Å². The fourth-order valence-corrected chi connectivity index (χ4v) is 3.44. The lowest BCUT2D eigenvalue weighted by atomic mass is 9.98. The van der Waals surface area contributed by atoms with Crippen LogP contribution < -0.4 is 5.63 Å². The monoisotopic (exact) mass is 617 g/mol. The van der Waals surface area contributed by atoms with Crippen LogP contribution in [-0.4, -0.2) is 21.7 Å². The number of aromatic nitrogens is 1. The Kier molecular flexibility index (Phi) is 15.6. The van der Waals surface area contributed by atoms with Crippen LogP contribution in [0.2, 0.25) is 5.02 Å². The summed E-state index contributed by atoms with van der Waals surface area (Å²) in [7, 11) is 1.43. The molecule has 2 aromatic heterocycles. The topological polar surface area (TPSA) is 72.6 Å². The van der Waals surface area contributed by atoms with Gasteiger partial charge in [0.15, 0.2) is 0 Å². The number of aromatic hydroxyl groups is 1. The van der Waals surface area contributed by atoms with Crippen LogP contribution in [0.1, 0.15) is 40.2 Å². The van der Waals surface area contributed by atoms with Crippen molar-refractivity contribution in [3.8, 4) is 39.3 Å². The second kappa shape index (κ2) is 18.0. The van der Waals surface area contributed by atoms with Crippen molar-refractivity contribution in [1.82, 2.24) is 4.98 Å². The Labute approximate surface area is 256 Å². The molecule has 5 nitrogen and oxygen atoms in total. The fourth-order valence-electron chi connectivity index (χ4n) is 3.16. The number of thiocarbonyl (C=S) groups is 1. The molecule has 0 spiro atoms. The first kappa shape index (κ1) is 35.5. The van der Waals surface area contributed by atoms with E-state index in [1.807, 2.05) is 20.8 Å². The summed E-state index contributed by atoms with van der Waals surface area (Å²) in [4.78, 5) is 16.7. The third-order valence-corrected chi connectivity index (χ3v) is 6.04. The first-order valence-electron chi connectivity index (χ1n) is 12.7. The molecule has 0 radical (unpaired) electrons. The highest BCUT2D eigenvalue weighted by molar-refractivity contribution is 7.82. The number of nitrogens with zero attached hydrogens (tertiary/aromatic N) is 1. The number of hydrogen-bond acceptors (Lipinski definition) is 6. The van der Waals surface area contributed by atoms with Crippen molar-refractivity contribution >= 4 is 39.9 Å². The molecule has 0 saturated heterocycles. The van der Waals surface area contributed by atoms with E-state index < -0.39 is 5.63 Å². The zero-order valence-corrected chi connectivity index (χ0v) is 26.4. The normalized spacial score (nSPS) is 9.51. The number of allylic oxidation sites excluding steroid dienone is 2. The van der Waals surface area contributed by atoms with Gasteiger partial charge in [0, 0.05) is 34.1 Å². The molecule has 2 heterocycles. The van der Waals surface area contributed by atoms with Crippen molar-refractivity contribution in [2.75, 3.05) is 7.11 Å². The molecule has 0 aliphatic carbocycles. The number of halogens is 3. The van der Waals surface area contributed by atoms with Gasteiger partial charge in [-0.1, -0.05) is 61.4 Å². The number of ether oxygens (including phenoxy) is 1. The highest BCUT2D eigenvalue weighted by Gasteiger charge is 2.21. The number of benzene rings is 2. The minimum Gasteiger partial charge on any atom is -0.507 e. The molecule has 9 heteroatoms. The Hall–Kier alpha value is -3.52. The number of methoxy groups -OCH3 is 1. The summed E-state index contributed by atoms with van der Waals surface area (Å²) in [6, 6.07) is 14.5. The van der Waals surface area contributed by atoms with Crippen LogP contribution >= 0.6 is 35.4 Å². The van der Waals surface area contributed by atoms with Gasteiger partial charge in [-0.2, -0.15) is 0 Å². The molecule has 41 heavy (non-hydrogen) atoms. The Morgan fingerprint density at radius 1 is 1.07 bits per heavy atom. The van der Waals surface area contributed by atoms with Gasteiger partial charge in [0.1, 0.15) is 22.9 Å². The molecule has 0 aliphatic heterocycles. The summed E-state index contributed by atoms with van der Waals surface area (Å²) in [5, 5.41) is 11.0. The average Bonchev–Trinajstić information content (AvgIpc) is 2.98. The maximum absolute atomic E-state index is 13.1. The predicted octanol–water partition coefficient (Wildman–Crippen LogP) is 10.00. The maximum atomic E-state index is 13.1. The predicted molar refractivity (Wildman–Crippen MR) is 172 cm³/mol. The second-order valence-corrected chi connectivity index (χ2v) is 9.66. The molecule has 2 aromatic carbocycles. The first-order chi connectivity index (χ1) is 19.5. The fraction of sp³-hybridized carbons (Fsp3) is 0.219. The summed E-state index contributed by atoms with van der Waals surface area (Å²) in [6.45, 7) is 11.9. The van der Waals surface area contributed by atoms with E-state index in [4.69, 9.17) is 27.6 Å². The van der Waals surface area contributed by atoms with Crippen molar-refractivity contribution in [3.63, 3.8) is 0 Å². The van der Waals surface area contributed by atoms with Gasteiger partial charge in [0.25, 0.3) is 4.51 Å². The summed E-state index contributed by atoms with van der Waals surface area (Å²) >= 11 is 15.6. The zero-order valence-electron chi connectivity index (χ0n) is 24.1. The molecule has 0 atom stereocenters. The molecule has 0 amide bonds. The molecule has 0 saturated carbocycles. The number of rotatable bonds is 3. The highest BCUT2D eigenvalue weighted by atomic mass is 35.5. The van der Waals surface area contributed by atoms with Crippen molar-refractivity contribution in [3.05, 3.63) is 105 Å². The molecule has 1 N–H and O–H groups in total. The Morgan fingerprint density at radius 3 is 2.10 bits per heavy atom. The molecule has 4 rings (SSSR count). The van der Waals surface area contributed by atoms with E-state index >= 15 is 0 Å². The van der Waals surface area contributed by atoms with Crippen molar-refractivity contribution in [2.24, 2.45) is 0 Å². The summed E-state index contributed by atoms with van der Waals surface area (Å²) in [5.41, 5.74) is 3.54. The van der Waals surface area contributed by atoms with Crippen molar-refractivity contribution < 1.29 is 18.7 Å². The van der Waals surface area contributed by atoms with Gasteiger partial charge >= 0.3 is 5.63 Å². The van der Waals surface area contributed by atoms with E-state index in [1.54, 1.807) is 61.8 Å². The molecule has 218 valence electrons. The van der Waals surface area contributed by atoms with E-state index in [0.29, 0.717) is 16.7 Å². The summed E-state index contributed by atoms with van der Waals surface area (Å²) < 4.78 is 22.9. The van der Waals surface area contributed by atoms with E-state index in [9.17, 15) is 14.3 Å². The third kappa shape index (κ3) is 10.8. The summed E-state index contributed by atoms with van der Waals surface area (Å²) in [6.07, 6.45) is 5.24. The SMILES string of the molecule is CC.CC=C(C)C.COC(=S)Cl.Cc1c(-c2cccnc2)oc(=O)c(-c2ccc(-c3ccc(F)cc3)cc2Cl)c1O. The van der Waals surface area contributed by atoms with Crippen LogP contribution in [0.4, 0.5) is 4.39 Å². The standard InChI is InChI=1S/C23H15ClFNO3.C5H10.C2H3ClOS.C2H6/c1-13-21(27)20(23(28)29-22(13)16-3-2-10-26-12-16)18-9-6-15(11-19(18)24)14-4-7-17(25)8-5-14;1-4-5(2)3;1-4-2(3)5;1-2/h2-12,27H,1H3;4H,1-3H3;1H3;1-2H3. The van der Waals surface area contributed by atoms with E-state index in [1.165, 1.54) is 24.8 Å². The van der Waals surface area contributed by atoms with Crippen molar-refractivity contribution in [2.45, 2.75) is 41.5 Å². The van der Waals surface area contributed by atoms with Gasteiger partial charge < -0.3 is 14.3 Å². The van der Waals surface area contributed by atoms with Crippen LogP contribution in [0, 0.1) is 12.7 Å². The lowest BCUT2D eigenvalue weighted by Gasteiger charge is -2.12. The Balaban J connectivity index is 0.000000597. The van der Waals surface area contributed by atoms with Crippen LogP contribution in [-0.2, 0) is 4.74 Å². The van der Waals surface area contributed by atoms with Crippen LogP contribution in [0.15, 0.2) is 87.9 Å². The minimum atomic E-state index is -0.705. The Bertz CT molecular complexity index is 1500. The molecule has 0 fully saturated rings. The average molecular weight is 619 g/mol. The highest BCUT2D eigenvalue weighted by Crippen LogP contribution is 2.39. The van der Waals surface area contributed by atoms with Gasteiger partial charge in [-0.3, -0.25) is 4.98 Å². The number of pyridine rings is 1. The second-order valence-electron chi connectivity index (χ2n) is 8.32. The minimum absolute atomic E-state index is 0.00852. The molecule has 0 aliphatic rings. The van der Waals surface area contributed by atoms with E-state index in [0.717, 1.165) is 11.1 Å². The van der Waals surface area contributed by atoms with Gasteiger partial charge in [-0.25, -0.2) is 9.18 Å². The van der Waals surface area contributed by atoms with Gasteiger partial charge in [-0.15, -0.1) is 0 Å². The quantitative estimate of drug-likeness (QED) is 0.140. The number of hydrogen-bond donors (Lipinski definition) is 1. The maximum Gasteiger partial charge on any atom is 0.348 e. The smallest absolute Gasteiger partial charge is 0.348 e. The van der Waals surface area contributed by atoms with Crippen molar-refractivity contribution in [1.29, 1.82) is 0 Å². The molecule has 4 aromatic rings. The largest absolute Gasteiger partial charge is 0.507 e. The lowest BCUT2D eigenvalue weighted by Crippen LogP contribution is -2.06. The molecular weight excluding hydrogens is 584 g/mol. The van der Waals surface area contributed by atoms with Gasteiger partial charge in [0.05, 0.1) is 7.11 Å². The zero-order chi connectivity index (χ0) is 31.1. The first-order valence-corrected chi connectivity index (χ1v) is 13.8. The third-order valence-electron chi connectivity index (χ3n) is 5.41. The van der Waals surface area contributed by atoms with Crippen LogP contribution in [0.3, 0.4) is 0 Å². The molecular formula is C32H34Cl2FNO4S. The van der Waals surface area contributed by atoms with Gasteiger partial charge in [0.2, 0.25) is 0 Å². The molecule has 0 bridgehead atoms. The Morgan fingerprint density at radius 2 is 1.63 bits per heavy atom. The van der Waals surface area contributed by atoms with Crippen LogP contribution in [0.5, 0.6) is 5.75 Å². The lowest BCUT2D eigenvalue weighted by molar-refractivity contribution is 0.425. The van der Waals surface area contributed by atoms with E-state index in [2.05, 4.69) is 41.9 Å². The van der Waals surface area contributed by atoms with Crippen LogP contribution in [0.25, 0.3) is 33.6 Å². The van der Waals surface area contributed by atoms with Gasteiger partial charge in [-0.05, 0) is 93.0 Å². The summed E-state index contributed by atoms with van der Waals surface area (Å²) in [5.74, 6) is -0.275.